The van der Waals surface area contributed by atoms with Gasteiger partial charge in [0, 0.05) is 25.3 Å². The normalized spacial score (nSPS) is 21.8. The van der Waals surface area contributed by atoms with Crippen LogP contribution in [0.3, 0.4) is 0 Å². The molecule has 3 N–H and O–H groups in total. The van der Waals surface area contributed by atoms with Crippen LogP contribution in [0.25, 0.3) is 0 Å². The second-order valence-corrected chi connectivity index (χ2v) is 5.25. The van der Waals surface area contributed by atoms with Crippen molar-refractivity contribution in [1.82, 2.24) is 5.32 Å². The summed E-state index contributed by atoms with van der Waals surface area (Å²) >= 11 is 0. The van der Waals surface area contributed by atoms with E-state index in [1.54, 1.807) is 0 Å². The van der Waals surface area contributed by atoms with Crippen molar-refractivity contribution in [1.29, 1.82) is 0 Å². The van der Waals surface area contributed by atoms with Gasteiger partial charge < -0.3 is 15.8 Å². The molecule has 0 saturated carbocycles. The molecule has 4 nitrogen and oxygen atoms in total. The third kappa shape index (κ3) is 3.46. The Hall–Kier alpha value is -0.610. The summed E-state index contributed by atoms with van der Waals surface area (Å²) in [5.74, 6) is 0.287. The molecule has 0 spiro atoms. The zero-order chi connectivity index (χ0) is 12.2. The third-order valence-electron chi connectivity index (χ3n) is 3.42. The Morgan fingerprint density at radius 1 is 1.44 bits per heavy atom. The lowest BCUT2D eigenvalue weighted by molar-refractivity contribution is -0.128. The largest absolute Gasteiger partial charge is 0.381 e. The maximum Gasteiger partial charge on any atom is 0.225 e. The lowest BCUT2D eigenvalue weighted by Gasteiger charge is -2.36. The van der Waals surface area contributed by atoms with Gasteiger partial charge in [0.2, 0.25) is 5.91 Å². The molecule has 0 bridgehead atoms. The number of carbonyl (C=O) groups is 1. The first-order valence-corrected chi connectivity index (χ1v) is 6.08. The monoisotopic (exact) mass is 228 g/mol. The molecule has 1 atom stereocenters. The van der Waals surface area contributed by atoms with Crippen LogP contribution in [-0.4, -0.2) is 31.2 Å². The molecule has 1 rings (SSSR count). The van der Waals surface area contributed by atoms with E-state index >= 15 is 0 Å². The number of ether oxygens (including phenoxy) is 1. The standard InChI is InChI=1S/C12H24N2O2/c1-9(2)10(8-13)11(15)14-12(3)4-6-16-7-5-12/h9-10H,4-8,13H2,1-3H3,(H,14,15). The molecule has 0 radical (unpaired) electrons. The molecule has 1 unspecified atom stereocenters. The van der Waals surface area contributed by atoms with Gasteiger partial charge >= 0.3 is 0 Å². The summed E-state index contributed by atoms with van der Waals surface area (Å²) in [4.78, 5) is 12.1. The molecular formula is C12H24N2O2. The average molecular weight is 228 g/mol. The Bertz CT molecular complexity index is 235. The second kappa shape index (κ2) is 5.64. The highest BCUT2D eigenvalue weighted by atomic mass is 16.5. The minimum Gasteiger partial charge on any atom is -0.381 e. The summed E-state index contributed by atoms with van der Waals surface area (Å²) in [5, 5.41) is 3.13. The quantitative estimate of drug-likeness (QED) is 0.751. The highest BCUT2D eigenvalue weighted by Gasteiger charge is 2.31. The highest BCUT2D eigenvalue weighted by Crippen LogP contribution is 2.21. The number of rotatable bonds is 4. The summed E-state index contributed by atoms with van der Waals surface area (Å²) in [7, 11) is 0. The van der Waals surface area contributed by atoms with Crippen molar-refractivity contribution >= 4 is 5.91 Å². The van der Waals surface area contributed by atoms with Gasteiger partial charge in [-0.05, 0) is 25.7 Å². The van der Waals surface area contributed by atoms with Crippen LogP contribution in [0.1, 0.15) is 33.6 Å². The average Bonchev–Trinajstić information content (AvgIpc) is 2.18. The van der Waals surface area contributed by atoms with E-state index in [9.17, 15) is 4.79 Å². The maximum absolute atomic E-state index is 12.1. The number of hydrogen-bond acceptors (Lipinski definition) is 3. The van der Waals surface area contributed by atoms with E-state index in [1.807, 2.05) is 13.8 Å². The summed E-state index contributed by atoms with van der Waals surface area (Å²) in [6.07, 6.45) is 1.77. The molecule has 16 heavy (non-hydrogen) atoms. The lowest BCUT2D eigenvalue weighted by Crippen LogP contribution is -2.53. The molecule has 4 heteroatoms. The van der Waals surface area contributed by atoms with Crippen molar-refractivity contribution in [2.75, 3.05) is 19.8 Å². The van der Waals surface area contributed by atoms with Gasteiger partial charge in [0.15, 0.2) is 0 Å². The molecule has 0 aromatic carbocycles. The van der Waals surface area contributed by atoms with E-state index in [4.69, 9.17) is 10.5 Å². The SMILES string of the molecule is CC(C)C(CN)C(=O)NC1(C)CCOCC1. The van der Waals surface area contributed by atoms with Gasteiger partial charge in [0.25, 0.3) is 0 Å². The first-order valence-electron chi connectivity index (χ1n) is 6.08. The van der Waals surface area contributed by atoms with Crippen LogP contribution in [-0.2, 0) is 9.53 Å². The van der Waals surface area contributed by atoms with Gasteiger partial charge in [0.05, 0.1) is 5.92 Å². The molecule has 1 aliphatic rings. The van der Waals surface area contributed by atoms with E-state index in [1.165, 1.54) is 0 Å². The Morgan fingerprint density at radius 2 is 2.00 bits per heavy atom. The fraction of sp³-hybridized carbons (Fsp3) is 0.917. The van der Waals surface area contributed by atoms with Crippen LogP contribution < -0.4 is 11.1 Å². The first-order chi connectivity index (χ1) is 7.48. The van der Waals surface area contributed by atoms with Crippen LogP contribution in [0.15, 0.2) is 0 Å². The van der Waals surface area contributed by atoms with Crippen LogP contribution in [0.2, 0.25) is 0 Å². The van der Waals surface area contributed by atoms with E-state index < -0.39 is 0 Å². The summed E-state index contributed by atoms with van der Waals surface area (Å²) < 4.78 is 5.30. The predicted molar refractivity (Wildman–Crippen MR) is 64.0 cm³/mol. The Morgan fingerprint density at radius 3 is 2.44 bits per heavy atom. The molecule has 1 aliphatic heterocycles. The van der Waals surface area contributed by atoms with Crippen molar-refractivity contribution in [3.8, 4) is 0 Å². The van der Waals surface area contributed by atoms with E-state index in [2.05, 4.69) is 12.2 Å². The lowest BCUT2D eigenvalue weighted by atomic mass is 9.89. The van der Waals surface area contributed by atoms with Crippen molar-refractivity contribution in [3.63, 3.8) is 0 Å². The number of hydrogen-bond donors (Lipinski definition) is 2. The molecule has 1 amide bonds. The fourth-order valence-corrected chi connectivity index (χ4v) is 2.02. The van der Waals surface area contributed by atoms with Crippen LogP contribution in [0.4, 0.5) is 0 Å². The topological polar surface area (TPSA) is 64.4 Å². The van der Waals surface area contributed by atoms with Crippen molar-refractivity contribution in [2.24, 2.45) is 17.6 Å². The van der Waals surface area contributed by atoms with Gasteiger partial charge in [-0.15, -0.1) is 0 Å². The Labute approximate surface area is 97.9 Å². The van der Waals surface area contributed by atoms with Gasteiger partial charge in [0.1, 0.15) is 0 Å². The van der Waals surface area contributed by atoms with Gasteiger partial charge in [-0.2, -0.15) is 0 Å². The van der Waals surface area contributed by atoms with Crippen molar-refractivity contribution < 1.29 is 9.53 Å². The second-order valence-electron chi connectivity index (χ2n) is 5.25. The smallest absolute Gasteiger partial charge is 0.225 e. The number of nitrogens with two attached hydrogens (primary N) is 1. The van der Waals surface area contributed by atoms with Gasteiger partial charge in [-0.25, -0.2) is 0 Å². The van der Waals surface area contributed by atoms with Crippen LogP contribution >= 0.6 is 0 Å². The first kappa shape index (κ1) is 13.5. The molecular weight excluding hydrogens is 204 g/mol. The van der Waals surface area contributed by atoms with Crippen LogP contribution in [0, 0.1) is 11.8 Å². The van der Waals surface area contributed by atoms with E-state index in [-0.39, 0.29) is 23.3 Å². The zero-order valence-corrected chi connectivity index (χ0v) is 10.6. The number of nitrogens with one attached hydrogen (secondary N) is 1. The Balaban J connectivity index is 2.54. The zero-order valence-electron chi connectivity index (χ0n) is 10.6. The minimum absolute atomic E-state index is 0.0836. The van der Waals surface area contributed by atoms with Crippen molar-refractivity contribution in [2.45, 2.75) is 39.2 Å². The molecule has 94 valence electrons. The highest BCUT2D eigenvalue weighted by molar-refractivity contribution is 5.79. The molecule has 1 saturated heterocycles. The molecule has 1 heterocycles. The minimum atomic E-state index is -0.113. The van der Waals surface area contributed by atoms with E-state index in [0.717, 1.165) is 26.1 Å². The third-order valence-corrected chi connectivity index (χ3v) is 3.42. The van der Waals surface area contributed by atoms with Gasteiger partial charge in [-0.3, -0.25) is 4.79 Å². The van der Waals surface area contributed by atoms with E-state index in [0.29, 0.717) is 6.54 Å². The summed E-state index contributed by atoms with van der Waals surface area (Å²) in [5.41, 5.74) is 5.52. The Kier molecular flexibility index (Phi) is 4.74. The molecule has 0 aromatic heterocycles. The summed E-state index contributed by atoms with van der Waals surface area (Å²) in [6, 6.07) is 0. The van der Waals surface area contributed by atoms with Crippen molar-refractivity contribution in [3.05, 3.63) is 0 Å². The van der Waals surface area contributed by atoms with Gasteiger partial charge in [-0.1, -0.05) is 13.8 Å². The van der Waals surface area contributed by atoms with Crippen LogP contribution in [0.5, 0.6) is 0 Å². The molecule has 1 fully saturated rings. The molecule has 0 aliphatic carbocycles. The number of carbonyl (C=O) groups excluding carboxylic acids is 1. The maximum atomic E-state index is 12.1. The molecule has 0 aromatic rings. The fourth-order valence-electron chi connectivity index (χ4n) is 2.02. The number of amides is 1. The summed E-state index contributed by atoms with van der Waals surface area (Å²) in [6.45, 7) is 8.02. The predicted octanol–water partition coefficient (Wildman–Crippen LogP) is 0.903.